The summed E-state index contributed by atoms with van der Waals surface area (Å²) in [6, 6.07) is 22.0. The first-order chi connectivity index (χ1) is 21.3. The number of carbonyl (C=O) groups excluding carboxylic acids is 3. The molecule has 0 atom stereocenters. The Morgan fingerprint density at radius 3 is 1.82 bits per heavy atom. The molecule has 0 unspecified atom stereocenters. The Labute approximate surface area is 255 Å². The van der Waals surface area contributed by atoms with E-state index in [1.165, 1.54) is 13.2 Å². The maximum absolute atomic E-state index is 11.6. The van der Waals surface area contributed by atoms with Crippen molar-refractivity contribution in [3.05, 3.63) is 111 Å². The standard InChI is InChI=1S/C32H28O8.C3H4O/c1-5-31(33)39-26-11-13-27(29(20-26)36-4)23-8-7-22-18-24(10-9-21(22)17-23)37-15-16-38-25-12-14-28(35-3)30(19-25)40-32(34)6-2;1-2-3-4/h5-14,17-20H,1-2,15-16H2,3-4H3;2-3H,1H2. The van der Waals surface area contributed by atoms with E-state index in [4.69, 9.17) is 33.2 Å². The zero-order valence-electron chi connectivity index (χ0n) is 24.4. The van der Waals surface area contributed by atoms with Gasteiger partial charge in [-0.2, -0.15) is 0 Å². The summed E-state index contributed by atoms with van der Waals surface area (Å²) in [4.78, 5) is 32.1. The van der Waals surface area contributed by atoms with E-state index in [2.05, 4.69) is 25.8 Å². The Hall–Kier alpha value is -5.83. The minimum absolute atomic E-state index is 0.240. The lowest BCUT2D eigenvalue weighted by molar-refractivity contribution is -0.129. The summed E-state index contributed by atoms with van der Waals surface area (Å²) in [5.41, 5.74) is 1.81. The Kier molecular flexibility index (Phi) is 12.3. The third-order valence-corrected chi connectivity index (χ3v) is 5.91. The number of hydrogen-bond acceptors (Lipinski definition) is 9. The molecular weight excluding hydrogens is 564 g/mol. The van der Waals surface area contributed by atoms with Crippen LogP contribution in [0.4, 0.5) is 0 Å². The average Bonchev–Trinajstić information content (AvgIpc) is 3.06. The number of ether oxygens (including phenoxy) is 6. The summed E-state index contributed by atoms with van der Waals surface area (Å²) in [6.45, 7) is 10.5. The van der Waals surface area contributed by atoms with Gasteiger partial charge in [-0.3, -0.25) is 4.79 Å². The van der Waals surface area contributed by atoms with Gasteiger partial charge in [0.25, 0.3) is 0 Å². The summed E-state index contributed by atoms with van der Waals surface area (Å²) in [6.07, 6.45) is 4.01. The molecule has 9 heteroatoms. The normalized spacial score (nSPS) is 9.86. The fraction of sp³-hybridized carbons (Fsp3) is 0.114. The Balaban J connectivity index is 0.00000124. The van der Waals surface area contributed by atoms with Crippen LogP contribution in [0, 0.1) is 0 Å². The molecule has 0 spiro atoms. The molecule has 0 saturated heterocycles. The first kappa shape index (κ1) is 32.7. The predicted octanol–water partition coefficient (Wildman–Crippen LogP) is 6.54. The molecule has 0 aliphatic carbocycles. The molecule has 4 aromatic rings. The highest BCUT2D eigenvalue weighted by atomic mass is 16.6. The number of rotatable bonds is 13. The third kappa shape index (κ3) is 9.09. The van der Waals surface area contributed by atoms with Crippen molar-refractivity contribution in [3.63, 3.8) is 0 Å². The number of fused-ring (bicyclic) bond motifs is 1. The van der Waals surface area contributed by atoms with Crippen LogP contribution in [-0.4, -0.2) is 45.7 Å². The lowest BCUT2D eigenvalue weighted by Crippen LogP contribution is -2.09. The SMILES string of the molecule is C=CC(=O)Oc1ccc(-c2ccc3cc(OCCOc4ccc(OC)c(OC(=O)C=C)c4)ccc3c2)c(OC)c1.C=CC=O. The Morgan fingerprint density at radius 2 is 1.18 bits per heavy atom. The van der Waals surface area contributed by atoms with Crippen LogP contribution < -0.4 is 28.4 Å². The third-order valence-electron chi connectivity index (χ3n) is 5.91. The van der Waals surface area contributed by atoms with Crippen molar-refractivity contribution < 1.29 is 42.8 Å². The Morgan fingerprint density at radius 1 is 0.636 bits per heavy atom. The fourth-order valence-corrected chi connectivity index (χ4v) is 3.91. The van der Waals surface area contributed by atoms with E-state index in [0.29, 0.717) is 41.6 Å². The van der Waals surface area contributed by atoms with Crippen LogP contribution in [0.1, 0.15) is 0 Å². The van der Waals surface area contributed by atoms with E-state index in [-0.39, 0.29) is 12.4 Å². The molecule has 0 amide bonds. The average molecular weight is 597 g/mol. The van der Waals surface area contributed by atoms with E-state index in [9.17, 15) is 9.59 Å². The maximum atomic E-state index is 11.6. The summed E-state index contributed by atoms with van der Waals surface area (Å²) in [5.74, 6) is 1.68. The molecule has 0 fully saturated rings. The topological polar surface area (TPSA) is 107 Å². The van der Waals surface area contributed by atoms with Gasteiger partial charge in [0.05, 0.1) is 14.2 Å². The minimum atomic E-state index is -0.592. The van der Waals surface area contributed by atoms with Gasteiger partial charge in [0.1, 0.15) is 42.5 Å². The van der Waals surface area contributed by atoms with Gasteiger partial charge in [0.15, 0.2) is 11.5 Å². The molecule has 0 N–H and O–H groups in total. The van der Waals surface area contributed by atoms with Crippen LogP contribution in [0.15, 0.2) is 111 Å². The molecule has 0 bridgehead atoms. The van der Waals surface area contributed by atoms with Crippen LogP contribution in [0.25, 0.3) is 21.9 Å². The smallest absolute Gasteiger partial charge is 0.335 e. The highest BCUT2D eigenvalue weighted by Gasteiger charge is 2.12. The van der Waals surface area contributed by atoms with Crippen LogP contribution in [0.3, 0.4) is 0 Å². The summed E-state index contributed by atoms with van der Waals surface area (Å²) in [5, 5.41) is 2.02. The van der Waals surface area contributed by atoms with E-state index in [1.54, 1.807) is 37.4 Å². The van der Waals surface area contributed by atoms with Gasteiger partial charge in [-0.25, -0.2) is 9.59 Å². The lowest BCUT2D eigenvalue weighted by atomic mass is 10.00. The monoisotopic (exact) mass is 596 g/mol. The largest absolute Gasteiger partial charge is 0.496 e. The number of hydrogen-bond donors (Lipinski definition) is 0. The maximum Gasteiger partial charge on any atom is 0.335 e. The molecule has 0 heterocycles. The van der Waals surface area contributed by atoms with Crippen LogP contribution in [-0.2, 0) is 14.4 Å². The molecule has 0 saturated carbocycles. The number of allylic oxidation sites excluding steroid dienone is 1. The number of methoxy groups -OCH3 is 2. The molecule has 0 aromatic heterocycles. The van der Waals surface area contributed by atoms with Crippen LogP contribution >= 0.6 is 0 Å². The van der Waals surface area contributed by atoms with Crippen molar-refractivity contribution in [1.29, 1.82) is 0 Å². The van der Waals surface area contributed by atoms with E-state index in [1.807, 2.05) is 36.4 Å². The molecule has 9 nitrogen and oxygen atoms in total. The number of aldehydes is 1. The van der Waals surface area contributed by atoms with Gasteiger partial charge in [-0.1, -0.05) is 37.9 Å². The summed E-state index contributed by atoms with van der Waals surface area (Å²) in [7, 11) is 3.05. The van der Waals surface area contributed by atoms with Crippen LogP contribution in [0.2, 0.25) is 0 Å². The molecule has 4 aromatic carbocycles. The Bertz CT molecular complexity index is 1650. The van der Waals surface area contributed by atoms with Gasteiger partial charge >= 0.3 is 11.9 Å². The number of benzene rings is 4. The van der Waals surface area contributed by atoms with E-state index < -0.39 is 11.9 Å². The number of esters is 2. The zero-order chi connectivity index (χ0) is 31.9. The minimum Gasteiger partial charge on any atom is -0.496 e. The predicted molar refractivity (Wildman–Crippen MR) is 168 cm³/mol. The first-order valence-electron chi connectivity index (χ1n) is 13.3. The molecule has 0 aliphatic heterocycles. The van der Waals surface area contributed by atoms with Gasteiger partial charge in [-0.05, 0) is 64.9 Å². The molecular formula is C35H32O9. The van der Waals surface area contributed by atoms with Gasteiger partial charge in [-0.15, -0.1) is 0 Å². The van der Waals surface area contributed by atoms with Crippen molar-refractivity contribution in [2.24, 2.45) is 0 Å². The second-order valence-corrected chi connectivity index (χ2v) is 8.72. The van der Waals surface area contributed by atoms with E-state index >= 15 is 0 Å². The molecule has 0 radical (unpaired) electrons. The van der Waals surface area contributed by atoms with Crippen molar-refractivity contribution >= 4 is 29.0 Å². The van der Waals surface area contributed by atoms with Gasteiger partial charge < -0.3 is 28.4 Å². The second kappa shape index (κ2) is 16.6. The van der Waals surface area contributed by atoms with Crippen molar-refractivity contribution in [3.8, 4) is 45.6 Å². The van der Waals surface area contributed by atoms with Gasteiger partial charge in [0, 0.05) is 29.8 Å². The molecule has 226 valence electrons. The second-order valence-electron chi connectivity index (χ2n) is 8.72. The molecule has 4 rings (SSSR count). The van der Waals surface area contributed by atoms with Crippen molar-refractivity contribution in [2.75, 3.05) is 27.4 Å². The summed E-state index contributed by atoms with van der Waals surface area (Å²) >= 11 is 0. The van der Waals surface area contributed by atoms with Gasteiger partial charge in [0.2, 0.25) is 0 Å². The molecule has 44 heavy (non-hydrogen) atoms. The van der Waals surface area contributed by atoms with Crippen molar-refractivity contribution in [1.82, 2.24) is 0 Å². The first-order valence-corrected chi connectivity index (χ1v) is 13.3. The number of carbonyl (C=O) groups is 3. The van der Waals surface area contributed by atoms with Crippen molar-refractivity contribution in [2.45, 2.75) is 0 Å². The van der Waals surface area contributed by atoms with E-state index in [0.717, 1.165) is 34.1 Å². The fourth-order valence-electron chi connectivity index (χ4n) is 3.91. The highest BCUT2D eigenvalue weighted by molar-refractivity contribution is 5.90. The molecule has 0 aliphatic rings. The van der Waals surface area contributed by atoms with Crippen LogP contribution in [0.5, 0.6) is 34.5 Å². The highest BCUT2D eigenvalue weighted by Crippen LogP contribution is 2.36. The zero-order valence-corrected chi connectivity index (χ0v) is 24.4. The quantitative estimate of drug-likeness (QED) is 0.0559. The summed E-state index contributed by atoms with van der Waals surface area (Å²) < 4.78 is 32.8. The lowest BCUT2D eigenvalue weighted by Gasteiger charge is -2.13.